The summed E-state index contributed by atoms with van der Waals surface area (Å²) in [6, 6.07) is 17.9. The minimum Gasteiger partial charge on any atom is -0.503 e. The predicted molar refractivity (Wildman–Crippen MR) is 128 cm³/mol. The summed E-state index contributed by atoms with van der Waals surface area (Å²) >= 11 is 1.63. The lowest BCUT2D eigenvalue weighted by Crippen LogP contribution is -2.31. The maximum Gasteiger partial charge on any atom is 0.294 e. The van der Waals surface area contributed by atoms with Crippen LogP contribution in [0.15, 0.2) is 77.4 Å². The molecule has 6 nitrogen and oxygen atoms in total. The van der Waals surface area contributed by atoms with Gasteiger partial charge in [0.25, 0.3) is 5.91 Å². The number of carbonyl (C=O) groups is 2. The van der Waals surface area contributed by atoms with Gasteiger partial charge in [-0.25, -0.2) is 0 Å². The Bertz CT molecular complexity index is 1180. The van der Waals surface area contributed by atoms with E-state index in [1.165, 1.54) is 12.0 Å². The van der Waals surface area contributed by atoms with Gasteiger partial charge < -0.3 is 14.6 Å². The van der Waals surface area contributed by atoms with Gasteiger partial charge in [0.1, 0.15) is 5.75 Å². The maximum absolute atomic E-state index is 13.3. The molecule has 3 aromatic rings. The fraction of sp³-hybridized carbons (Fsp3) is 0.231. The van der Waals surface area contributed by atoms with Crippen LogP contribution < -0.4 is 9.64 Å². The highest BCUT2D eigenvalue weighted by Crippen LogP contribution is 2.45. The zero-order chi connectivity index (χ0) is 23.5. The molecule has 1 amide bonds. The third-order valence-electron chi connectivity index (χ3n) is 5.50. The number of rotatable bonds is 8. The number of ether oxygens (including phenoxy) is 2. The molecule has 170 valence electrons. The molecule has 1 aliphatic rings. The van der Waals surface area contributed by atoms with Crippen LogP contribution in [0.1, 0.15) is 25.5 Å². The summed E-state index contributed by atoms with van der Waals surface area (Å²) in [6.45, 7) is 3.50. The number of thiophene rings is 1. The zero-order valence-corrected chi connectivity index (χ0v) is 19.5. The van der Waals surface area contributed by atoms with Crippen molar-refractivity contribution >= 4 is 28.7 Å². The van der Waals surface area contributed by atoms with E-state index < -0.39 is 23.6 Å². The summed E-state index contributed by atoms with van der Waals surface area (Å²) in [5.74, 6) is -1.35. The van der Waals surface area contributed by atoms with Crippen LogP contribution in [-0.2, 0) is 14.3 Å². The van der Waals surface area contributed by atoms with Crippen molar-refractivity contribution in [2.75, 3.05) is 18.8 Å². The molecule has 0 saturated carbocycles. The standard InChI is InChI=1S/C26H25NO5S/c1-16(2)24(28)22-23(19-7-4-5-8-20(19)32-15-31-3)27(26(30)25(22)29)18-12-10-17(11-13-18)21-9-6-14-33-21/h4-14,16,23,29H,15H2,1-3H3. The Morgan fingerprint density at radius 2 is 1.82 bits per heavy atom. The van der Waals surface area contributed by atoms with Crippen LogP contribution in [0.4, 0.5) is 5.69 Å². The molecule has 1 aliphatic heterocycles. The smallest absolute Gasteiger partial charge is 0.294 e. The number of anilines is 1. The van der Waals surface area contributed by atoms with Gasteiger partial charge in [-0.3, -0.25) is 14.5 Å². The largest absolute Gasteiger partial charge is 0.503 e. The highest BCUT2D eigenvalue weighted by Gasteiger charge is 2.45. The number of benzene rings is 2. The van der Waals surface area contributed by atoms with Gasteiger partial charge in [-0.1, -0.05) is 50.2 Å². The maximum atomic E-state index is 13.3. The van der Waals surface area contributed by atoms with E-state index in [1.807, 2.05) is 47.8 Å². The average molecular weight is 464 g/mol. The average Bonchev–Trinajstić information content (AvgIpc) is 3.45. The van der Waals surface area contributed by atoms with Gasteiger partial charge in [0.2, 0.25) is 0 Å². The highest BCUT2D eigenvalue weighted by molar-refractivity contribution is 7.13. The van der Waals surface area contributed by atoms with E-state index in [-0.39, 0.29) is 18.1 Å². The van der Waals surface area contributed by atoms with Crippen molar-refractivity contribution in [2.24, 2.45) is 5.92 Å². The number of methoxy groups -OCH3 is 1. The molecule has 0 fully saturated rings. The van der Waals surface area contributed by atoms with Crippen LogP contribution in [0.5, 0.6) is 5.75 Å². The molecule has 0 radical (unpaired) electrons. The molecule has 2 heterocycles. The minimum absolute atomic E-state index is 0.0103. The number of hydrogen-bond donors (Lipinski definition) is 1. The molecule has 4 rings (SSSR count). The van der Waals surface area contributed by atoms with Crippen molar-refractivity contribution < 1.29 is 24.2 Å². The Balaban J connectivity index is 1.83. The fourth-order valence-corrected chi connectivity index (χ4v) is 4.65. The van der Waals surface area contributed by atoms with Gasteiger partial charge in [0.15, 0.2) is 18.3 Å². The number of para-hydroxylation sites is 1. The summed E-state index contributed by atoms with van der Waals surface area (Å²) < 4.78 is 10.8. The molecule has 0 bridgehead atoms. The molecule has 1 aromatic heterocycles. The van der Waals surface area contributed by atoms with Crippen LogP contribution >= 0.6 is 11.3 Å². The molecule has 1 atom stereocenters. The Kier molecular flexibility index (Phi) is 6.62. The quantitative estimate of drug-likeness (QED) is 0.445. The Labute approximate surface area is 196 Å². The molecular formula is C26H25NO5S. The molecular weight excluding hydrogens is 438 g/mol. The number of aliphatic hydroxyl groups excluding tert-OH is 1. The molecule has 0 spiro atoms. The molecule has 2 aromatic carbocycles. The lowest BCUT2D eigenvalue weighted by Gasteiger charge is -2.28. The summed E-state index contributed by atoms with van der Waals surface area (Å²) in [7, 11) is 1.52. The first-order valence-corrected chi connectivity index (χ1v) is 11.5. The van der Waals surface area contributed by atoms with Crippen molar-refractivity contribution in [1.29, 1.82) is 0 Å². The first kappa shape index (κ1) is 22.8. The van der Waals surface area contributed by atoms with Crippen LogP contribution in [0, 0.1) is 5.92 Å². The first-order valence-electron chi connectivity index (χ1n) is 10.6. The normalized spacial score (nSPS) is 16.1. The summed E-state index contributed by atoms with van der Waals surface area (Å²) in [5, 5.41) is 12.8. The summed E-state index contributed by atoms with van der Waals surface area (Å²) in [4.78, 5) is 29.0. The SMILES string of the molecule is COCOc1ccccc1C1C(C(=O)C(C)C)=C(O)C(=O)N1c1ccc(-c2cccs2)cc1. The van der Waals surface area contributed by atoms with Gasteiger partial charge in [-0.2, -0.15) is 0 Å². The Morgan fingerprint density at radius 1 is 1.09 bits per heavy atom. The zero-order valence-electron chi connectivity index (χ0n) is 18.6. The van der Waals surface area contributed by atoms with E-state index in [0.717, 1.165) is 10.4 Å². The second-order valence-electron chi connectivity index (χ2n) is 7.97. The number of Topliss-reactive ketones (excluding diaryl/α,β-unsaturated/α-hetero) is 1. The topological polar surface area (TPSA) is 76.1 Å². The van der Waals surface area contributed by atoms with Gasteiger partial charge in [0, 0.05) is 29.2 Å². The number of amides is 1. The van der Waals surface area contributed by atoms with Gasteiger partial charge in [-0.15, -0.1) is 11.3 Å². The van der Waals surface area contributed by atoms with Crippen molar-refractivity contribution in [3.63, 3.8) is 0 Å². The summed E-state index contributed by atoms with van der Waals surface area (Å²) in [5.41, 5.74) is 2.27. The second-order valence-corrected chi connectivity index (χ2v) is 8.92. The van der Waals surface area contributed by atoms with Crippen molar-refractivity contribution in [2.45, 2.75) is 19.9 Å². The van der Waals surface area contributed by atoms with Gasteiger partial charge in [0.05, 0.1) is 11.6 Å². The first-order chi connectivity index (χ1) is 15.9. The minimum atomic E-state index is -0.826. The number of ketones is 1. The van der Waals surface area contributed by atoms with Crippen molar-refractivity contribution in [3.05, 3.63) is 82.9 Å². The van der Waals surface area contributed by atoms with E-state index in [0.29, 0.717) is 17.0 Å². The van der Waals surface area contributed by atoms with Crippen LogP contribution in [0.25, 0.3) is 10.4 Å². The number of nitrogens with zero attached hydrogens (tertiary/aromatic N) is 1. The van der Waals surface area contributed by atoms with Crippen LogP contribution in [0.2, 0.25) is 0 Å². The molecule has 7 heteroatoms. The monoisotopic (exact) mass is 463 g/mol. The van der Waals surface area contributed by atoms with E-state index >= 15 is 0 Å². The van der Waals surface area contributed by atoms with E-state index in [9.17, 15) is 14.7 Å². The lowest BCUT2D eigenvalue weighted by molar-refractivity contribution is -0.119. The third-order valence-corrected chi connectivity index (χ3v) is 6.41. The van der Waals surface area contributed by atoms with Gasteiger partial charge in [-0.05, 0) is 35.2 Å². The van der Waals surface area contributed by atoms with Crippen molar-refractivity contribution in [3.8, 4) is 16.2 Å². The molecule has 1 unspecified atom stereocenters. The highest BCUT2D eigenvalue weighted by atomic mass is 32.1. The van der Waals surface area contributed by atoms with E-state index in [4.69, 9.17) is 9.47 Å². The predicted octanol–water partition coefficient (Wildman–Crippen LogP) is 5.52. The van der Waals surface area contributed by atoms with E-state index in [1.54, 1.807) is 43.4 Å². The molecule has 0 saturated heterocycles. The van der Waals surface area contributed by atoms with Crippen molar-refractivity contribution in [1.82, 2.24) is 0 Å². The number of hydrogen-bond acceptors (Lipinski definition) is 6. The summed E-state index contributed by atoms with van der Waals surface area (Å²) in [6.07, 6.45) is 0. The Hall–Kier alpha value is -3.42. The van der Waals surface area contributed by atoms with Gasteiger partial charge >= 0.3 is 0 Å². The number of aliphatic hydroxyl groups is 1. The molecule has 1 N–H and O–H groups in total. The molecule has 0 aliphatic carbocycles. The van der Waals surface area contributed by atoms with Crippen LogP contribution in [0.3, 0.4) is 0 Å². The number of carbonyl (C=O) groups excluding carboxylic acids is 2. The third kappa shape index (κ3) is 4.29. The molecule has 33 heavy (non-hydrogen) atoms. The van der Waals surface area contributed by atoms with Crippen LogP contribution in [-0.4, -0.2) is 30.7 Å². The second kappa shape index (κ2) is 9.60. The lowest BCUT2D eigenvalue weighted by atomic mass is 9.90. The van der Waals surface area contributed by atoms with E-state index in [2.05, 4.69) is 0 Å². The Morgan fingerprint density at radius 3 is 2.45 bits per heavy atom. The fourth-order valence-electron chi connectivity index (χ4n) is 3.92.